The van der Waals surface area contributed by atoms with Gasteiger partial charge in [0.25, 0.3) is 0 Å². The Morgan fingerprint density at radius 1 is 1.15 bits per heavy atom. The predicted molar refractivity (Wildman–Crippen MR) is 105 cm³/mol. The van der Waals surface area contributed by atoms with Gasteiger partial charge in [-0.3, -0.25) is 4.79 Å². The quantitative estimate of drug-likeness (QED) is 0.772. The Hall–Kier alpha value is -2.44. The molecule has 0 atom stereocenters. The van der Waals surface area contributed by atoms with Crippen LogP contribution in [-0.4, -0.2) is 62.3 Å². The fourth-order valence-electron chi connectivity index (χ4n) is 2.92. The Kier molecular flexibility index (Phi) is 7.33. The molecular weight excluding hydrogens is 346 g/mol. The standard InChI is InChI=1S/C20H31N3O4/c1-20(2,3)27-19(25)21-10-6-9-18(24)23-13-11-22(12-14-23)16-7-5-8-17(15-16)26-4/h5,7-8,15H,6,9-14H2,1-4H3,(H,21,25). The number of hydrogen-bond acceptors (Lipinski definition) is 5. The van der Waals surface area contributed by atoms with E-state index in [0.717, 1.165) is 24.5 Å². The van der Waals surface area contributed by atoms with E-state index in [1.54, 1.807) is 7.11 Å². The monoisotopic (exact) mass is 377 g/mol. The first kappa shape index (κ1) is 20.9. The van der Waals surface area contributed by atoms with Gasteiger partial charge in [0, 0.05) is 50.9 Å². The van der Waals surface area contributed by atoms with Crippen molar-refractivity contribution in [3.8, 4) is 5.75 Å². The molecule has 1 aromatic carbocycles. The lowest BCUT2D eigenvalue weighted by Gasteiger charge is -2.36. The van der Waals surface area contributed by atoms with Crippen LogP contribution in [-0.2, 0) is 9.53 Å². The predicted octanol–water partition coefficient (Wildman–Crippen LogP) is 2.65. The number of piperazine rings is 1. The number of nitrogens with one attached hydrogen (secondary N) is 1. The number of ether oxygens (including phenoxy) is 2. The third kappa shape index (κ3) is 7.00. The number of methoxy groups -OCH3 is 1. The lowest BCUT2D eigenvalue weighted by atomic mass is 10.2. The van der Waals surface area contributed by atoms with Crippen molar-refractivity contribution in [1.82, 2.24) is 10.2 Å². The Morgan fingerprint density at radius 2 is 1.85 bits per heavy atom. The van der Waals surface area contributed by atoms with Crippen LogP contribution in [0.5, 0.6) is 5.75 Å². The molecule has 1 fully saturated rings. The summed E-state index contributed by atoms with van der Waals surface area (Å²) in [5.41, 5.74) is 0.602. The zero-order valence-electron chi connectivity index (χ0n) is 16.8. The summed E-state index contributed by atoms with van der Waals surface area (Å²) in [6.07, 6.45) is 0.588. The number of carbonyl (C=O) groups excluding carboxylic acids is 2. The van der Waals surface area contributed by atoms with Crippen molar-refractivity contribution >= 4 is 17.7 Å². The summed E-state index contributed by atoms with van der Waals surface area (Å²) in [6, 6.07) is 7.97. The highest BCUT2D eigenvalue weighted by atomic mass is 16.6. The third-order valence-corrected chi connectivity index (χ3v) is 4.29. The first-order chi connectivity index (χ1) is 12.8. The molecule has 7 heteroatoms. The maximum atomic E-state index is 12.4. The molecule has 150 valence electrons. The Balaban J connectivity index is 1.68. The molecule has 1 aromatic rings. The van der Waals surface area contributed by atoms with Gasteiger partial charge < -0.3 is 24.6 Å². The number of carbonyl (C=O) groups is 2. The maximum Gasteiger partial charge on any atom is 0.407 e. The fraction of sp³-hybridized carbons (Fsp3) is 0.600. The van der Waals surface area contributed by atoms with Crippen molar-refractivity contribution in [2.45, 2.75) is 39.2 Å². The summed E-state index contributed by atoms with van der Waals surface area (Å²) in [4.78, 5) is 28.1. The normalized spacial score (nSPS) is 14.7. The topological polar surface area (TPSA) is 71.1 Å². The third-order valence-electron chi connectivity index (χ3n) is 4.29. The molecule has 0 saturated carbocycles. The number of nitrogens with zero attached hydrogens (tertiary/aromatic N) is 2. The molecule has 1 N–H and O–H groups in total. The van der Waals surface area contributed by atoms with Crippen LogP contribution >= 0.6 is 0 Å². The van der Waals surface area contributed by atoms with Crippen LogP contribution in [0.3, 0.4) is 0 Å². The Bertz CT molecular complexity index is 634. The summed E-state index contributed by atoms with van der Waals surface area (Å²) >= 11 is 0. The highest BCUT2D eigenvalue weighted by Gasteiger charge is 2.21. The number of benzene rings is 1. The van der Waals surface area contributed by atoms with E-state index in [1.807, 2.05) is 43.9 Å². The molecule has 1 aliphatic rings. The van der Waals surface area contributed by atoms with E-state index in [0.29, 0.717) is 32.5 Å². The molecule has 27 heavy (non-hydrogen) atoms. The average Bonchev–Trinajstić information content (AvgIpc) is 2.64. The van der Waals surface area contributed by atoms with Crippen molar-refractivity contribution in [2.24, 2.45) is 0 Å². The van der Waals surface area contributed by atoms with Gasteiger partial charge in [-0.2, -0.15) is 0 Å². The Labute approximate surface area is 161 Å². The minimum Gasteiger partial charge on any atom is -0.497 e. The van der Waals surface area contributed by atoms with Crippen LogP contribution in [0.15, 0.2) is 24.3 Å². The van der Waals surface area contributed by atoms with Crippen molar-refractivity contribution < 1.29 is 19.1 Å². The van der Waals surface area contributed by atoms with Gasteiger partial charge in [-0.05, 0) is 39.3 Å². The van der Waals surface area contributed by atoms with Crippen LogP contribution in [0.2, 0.25) is 0 Å². The van der Waals surface area contributed by atoms with E-state index in [-0.39, 0.29) is 5.91 Å². The summed E-state index contributed by atoms with van der Waals surface area (Å²) in [6.45, 7) is 8.91. The van der Waals surface area contributed by atoms with Gasteiger partial charge >= 0.3 is 6.09 Å². The molecule has 0 bridgehead atoms. The van der Waals surface area contributed by atoms with Crippen molar-refractivity contribution in [3.63, 3.8) is 0 Å². The molecule has 0 aromatic heterocycles. The molecule has 0 aliphatic carbocycles. The SMILES string of the molecule is COc1cccc(N2CCN(C(=O)CCCNC(=O)OC(C)(C)C)CC2)c1. The van der Waals surface area contributed by atoms with Gasteiger partial charge in [0.1, 0.15) is 11.4 Å². The van der Waals surface area contributed by atoms with Crippen molar-refractivity contribution in [1.29, 1.82) is 0 Å². The molecular formula is C20H31N3O4. The Morgan fingerprint density at radius 3 is 2.48 bits per heavy atom. The molecule has 1 aliphatic heterocycles. The van der Waals surface area contributed by atoms with Crippen molar-refractivity contribution in [3.05, 3.63) is 24.3 Å². The first-order valence-electron chi connectivity index (χ1n) is 9.42. The second-order valence-corrected chi connectivity index (χ2v) is 7.60. The number of hydrogen-bond donors (Lipinski definition) is 1. The number of anilines is 1. The van der Waals surface area contributed by atoms with E-state index in [9.17, 15) is 9.59 Å². The highest BCUT2D eigenvalue weighted by Crippen LogP contribution is 2.22. The minimum atomic E-state index is -0.512. The van der Waals surface area contributed by atoms with Gasteiger partial charge in [-0.1, -0.05) is 6.07 Å². The van der Waals surface area contributed by atoms with Gasteiger partial charge in [-0.15, -0.1) is 0 Å². The van der Waals surface area contributed by atoms with E-state index in [1.165, 1.54) is 0 Å². The molecule has 0 radical (unpaired) electrons. The number of alkyl carbamates (subject to hydrolysis) is 1. The largest absolute Gasteiger partial charge is 0.497 e. The number of amides is 2. The molecule has 1 saturated heterocycles. The molecule has 0 spiro atoms. The summed E-state index contributed by atoms with van der Waals surface area (Å²) < 4.78 is 10.4. The average molecular weight is 377 g/mol. The smallest absolute Gasteiger partial charge is 0.407 e. The maximum absolute atomic E-state index is 12.4. The van der Waals surface area contributed by atoms with Crippen LogP contribution in [0.25, 0.3) is 0 Å². The van der Waals surface area contributed by atoms with E-state index < -0.39 is 11.7 Å². The van der Waals surface area contributed by atoms with E-state index in [4.69, 9.17) is 9.47 Å². The van der Waals surface area contributed by atoms with E-state index in [2.05, 4.69) is 16.3 Å². The van der Waals surface area contributed by atoms with Crippen LogP contribution in [0.4, 0.5) is 10.5 Å². The lowest BCUT2D eigenvalue weighted by Crippen LogP contribution is -2.48. The molecule has 7 nitrogen and oxygen atoms in total. The van der Waals surface area contributed by atoms with Gasteiger partial charge in [0.2, 0.25) is 5.91 Å². The summed E-state index contributed by atoms with van der Waals surface area (Å²) in [5.74, 6) is 0.967. The lowest BCUT2D eigenvalue weighted by molar-refractivity contribution is -0.131. The second-order valence-electron chi connectivity index (χ2n) is 7.60. The van der Waals surface area contributed by atoms with Crippen LogP contribution in [0.1, 0.15) is 33.6 Å². The molecule has 2 amide bonds. The van der Waals surface area contributed by atoms with Crippen LogP contribution < -0.4 is 15.0 Å². The summed E-state index contributed by atoms with van der Waals surface area (Å²) in [7, 11) is 1.66. The molecule has 0 unspecified atom stereocenters. The van der Waals surface area contributed by atoms with Gasteiger partial charge in [0.05, 0.1) is 7.11 Å². The van der Waals surface area contributed by atoms with Gasteiger partial charge in [0.15, 0.2) is 0 Å². The highest BCUT2D eigenvalue weighted by molar-refractivity contribution is 5.76. The van der Waals surface area contributed by atoms with E-state index >= 15 is 0 Å². The molecule has 1 heterocycles. The number of rotatable bonds is 6. The second kappa shape index (κ2) is 9.48. The zero-order valence-corrected chi connectivity index (χ0v) is 16.8. The van der Waals surface area contributed by atoms with Crippen molar-refractivity contribution in [2.75, 3.05) is 44.7 Å². The van der Waals surface area contributed by atoms with Gasteiger partial charge in [-0.25, -0.2) is 4.79 Å². The molecule has 2 rings (SSSR count). The minimum absolute atomic E-state index is 0.131. The first-order valence-corrected chi connectivity index (χ1v) is 9.42. The summed E-state index contributed by atoms with van der Waals surface area (Å²) in [5, 5.41) is 2.68. The van der Waals surface area contributed by atoms with Crippen LogP contribution in [0, 0.1) is 0 Å². The fourth-order valence-corrected chi connectivity index (χ4v) is 2.92. The zero-order chi connectivity index (χ0) is 19.9.